The zero-order valence-corrected chi connectivity index (χ0v) is 10.3. The summed E-state index contributed by atoms with van der Waals surface area (Å²) in [4.78, 5) is 11.1. The average molecular weight is 214 g/mol. The number of hydrogen-bond donors (Lipinski definition) is 1. The van der Waals surface area contributed by atoms with Gasteiger partial charge in [0.15, 0.2) is 0 Å². The zero-order valence-electron chi connectivity index (χ0n) is 10.3. The van der Waals surface area contributed by atoms with E-state index >= 15 is 0 Å². The topological polar surface area (TPSA) is 46.5 Å². The van der Waals surface area contributed by atoms with E-state index in [1.807, 2.05) is 13.8 Å². The molecular formula is C12H22O3. The first-order valence-corrected chi connectivity index (χ1v) is 5.61. The van der Waals surface area contributed by atoms with Crippen LogP contribution in [0.25, 0.3) is 0 Å². The second-order valence-electron chi connectivity index (χ2n) is 5.88. The smallest absolute Gasteiger partial charge is 0.309 e. The van der Waals surface area contributed by atoms with Crippen molar-refractivity contribution < 1.29 is 14.6 Å². The summed E-state index contributed by atoms with van der Waals surface area (Å²) in [6, 6.07) is 0. The van der Waals surface area contributed by atoms with Crippen LogP contribution in [0.15, 0.2) is 0 Å². The fraction of sp³-hybridized carbons (Fsp3) is 0.917. The molecule has 0 aromatic heterocycles. The maximum absolute atomic E-state index is 11.1. The lowest BCUT2D eigenvalue weighted by atomic mass is 9.84. The summed E-state index contributed by atoms with van der Waals surface area (Å²) in [5.41, 5.74) is 0.0251. The molecule has 3 atom stereocenters. The van der Waals surface area contributed by atoms with E-state index in [0.29, 0.717) is 6.42 Å². The van der Waals surface area contributed by atoms with Crippen LogP contribution in [0.3, 0.4) is 0 Å². The van der Waals surface area contributed by atoms with Gasteiger partial charge < -0.3 is 9.84 Å². The standard InChI is InChI=1S/C12H22O3/c1-7(2)10-8(11(13)14)6-9(15-10)12(3,4)5/h7-10H,6H2,1-5H3,(H,13,14). The first-order chi connectivity index (χ1) is 6.73. The monoisotopic (exact) mass is 214 g/mol. The molecule has 1 rings (SSSR count). The first kappa shape index (κ1) is 12.5. The predicted molar refractivity (Wildman–Crippen MR) is 58.7 cm³/mol. The summed E-state index contributed by atoms with van der Waals surface area (Å²) in [6.45, 7) is 10.3. The van der Waals surface area contributed by atoms with Gasteiger partial charge in [-0.3, -0.25) is 4.79 Å². The van der Waals surface area contributed by atoms with Crippen LogP contribution in [-0.4, -0.2) is 23.3 Å². The average Bonchev–Trinajstić information content (AvgIpc) is 2.45. The number of carbonyl (C=O) groups is 1. The third kappa shape index (κ3) is 2.71. The van der Waals surface area contributed by atoms with Gasteiger partial charge in [0, 0.05) is 0 Å². The highest BCUT2D eigenvalue weighted by Crippen LogP contribution is 2.39. The van der Waals surface area contributed by atoms with Gasteiger partial charge in [0.25, 0.3) is 0 Å². The van der Waals surface area contributed by atoms with E-state index in [-0.39, 0.29) is 29.5 Å². The second-order valence-corrected chi connectivity index (χ2v) is 5.88. The Kier molecular flexibility index (Phi) is 3.44. The zero-order chi connectivity index (χ0) is 11.8. The summed E-state index contributed by atoms with van der Waals surface area (Å²) in [5.74, 6) is -0.798. The highest BCUT2D eigenvalue weighted by Gasteiger charge is 2.45. The highest BCUT2D eigenvalue weighted by molar-refractivity contribution is 5.71. The van der Waals surface area contributed by atoms with E-state index in [1.165, 1.54) is 0 Å². The van der Waals surface area contributed by atoms with Crippen molar-refractivity contribution in [1.29, 1.82) is 0 Å². The summed E-state index contributed by atoms with van der Waals surface area (Å²) in [7, 11) is 0. The molecule has 1 aliphatic heterocycles. The second kappa shape index (κ2) is 4.12. The summed E-state index contributed by atoms with van der Waals surface area (Å²) in [5, 5.41) is 9.14. The van der Waals surface area contributed by atoms with Crippen LogP contribution < -0.4 is 0 Å². The van der Waals surface area contributed by atoms with Gasteiger partial charge in [0.1, 0.15) is 0 Å². The van der Waals surface area contributed by atoms with Crippen molar-refractivity contribution in [3.8, 4) is 0 Å². The lowest BCUT2D eigenvalue weighted by Gasteiger charge is -2.27. The lowest BCUT2D eigenvalue weighted by Crippen LogP contribution is -2.29. The summed E-state index contributed by atoms with van der Waals surface area (Å²) < 4.78 is 5.88. The molecule has 1 heterocycles. The Bertz CT molecular complexity index is 240. The molecule has 88 valence electrons. The lowest BCUT2D eigenvalue weighted by molar-refractivity contribution is -0.144. The molecule has 0 aromatic carbocycles. The van der Waals surface area contributed by atoms with Gasteiger partial charge >= 0.3 is 5.97 Å². The van der Waals surface area contributed by atoms with Crippen molar-refractivity contribution in [2.75, 3.05) is 0 Å². The fourth-order valence-electron chi connectivity index (χ4n) is 2.13. The van der Waals surface area contributed by atoms with E-state index in [0.717, 1.165) is 0 Å². The number of rotatable bonds is 2. The largest absolute Gasteiger partial charge is 0.481 e. The summed E-state index contributed by atoms with van der Waals surface area (Å²) >= 11 is 0. The maximum Gasteiger partial charge on any atom is 0.309 e. The summed E-state index contributed by atoms with van der Waals surface area (Å²) in [6.07, 6.45) is 0.569. The number of carboxylic acid groups (broad SMARTS) is 1. The molecule has 15 heavy (non-hydrogen) atoms. The number of carboxylic acids is 1. The van der Waals surface area contributed by atoms with Gasteiger partial charge in [-0.1, -0.05) is 34.6 Å². The molecule has 1 saturated heterocycles. The van der Waals surface area contributed by atoms with Crippen LogP contribution in [0.2, 0.25) is 0 Å². The van der Waals surface area contributed by atoms with E-state index in [9.17, 15) is 4.79 Å². The van der Waals surface area contributed by atoms with Crippen molar-refractivity contribution in [3.63, 3.8) is 0 Å². The number of aliphatic carboxylic acids is 1. The quantitative estimate of drug-likeness (QED) is 0.768. The highest BCUT2D eigenvalue weighted by atomic mass is 16.5. The van der Waals surface area contributed by atoms with Crippen LogP contribution in [0, 0.1) is 17.3 Å². The molecule has 0 saturated carbocycles. The normalized spacial score (nSPS) is 32.3. The molecule has 0 bridgehead atoms. The Hall–Kier alpha value is -0.570. The molecule has 3 unspecified atom stereocenters. The van der Waals surface area contributed by atoms with Crippen molar-refractivity contribution in [1.82, 2.24) is 0 Å². The van der Waals surface area contributed by atoms with E-state index in [1.54, 1.807) is 0 Å². The first-order valence-electron chi connectivity index (χ1n) is 5.61. The molecule has 1 aliphatic rings. The van der Waals surface area contributed by atoms with Gasteiger partial charge in [-0.15, -0.1) is 0 Å². The van der Waals surface area contributed by atoms with E-state index < -0.39 is 5.97 Å². The van der Waals surface area contributed by atoms with Crippen molar-refractivity contribution >= 4 is 5.97 Å². The van der Waals surface area contributed by atoms with Gasteiger partial charge in [0.05, 0.1) is 18.1 Å². The van der Waals surface area contributed by atoms with Crippen molar-refractivity contribution in [2.45, 2.75) is 53.2 Å². The Morgan fingerprint density at radius 3 is 2.20 bits per heavy atom. The minimum atomic E-state index is -0.722. The molecule has 0 spiro atoms. The van der Waals surface area contributed by atoms with Crippen LogP contribution in [0.1, 0.15) is 41.0 Å². The van der Waals surface area contributed by atoms with Gasteiger partial charge in [-0.2, -0.15) is 0 Å². The van der Waals surface area contributed by atoms with Crippen LogP contribution in [0.4, 0.5) is 0 Å². The van der Waals surface area contributed by atoms with Crippen molar-refractivity contribution in [2.24, 2.45) is 17.3 Å². The number of ether oxygens (including phenoxy) is 1. The Morgan fingerprint density at radius 2 is 1.93 bits per heavy atom. The van der Waals surface area contributed by atoms with Crippen molar-refractivity contribution in [3.05, 3.63) is 0 Å². The molecule has 1 fully saturated rings. The van der Waals surface area contributed by atoms with Crippen LogP contribution >= 0.6 is 0 Å². The van der Waals surface area contributed by atoms with Gasteiger partial charge in [0.2, 0.25) is 0 Å². The van der Waals surface area contributed by atoms with Crippen LogP contribution in [0.5, 0.6) is 0 Å². The molecule has 0 radical (unpaired) electrons. The minimum absolute atomic E-state index is 0.0251. The Labute approximate surface area is 91.8 Å². The molecule has 3 nitrogen and oxygen atoms in total. The minimum Gasteiger partial charge on any atom is -0.481 e. The SMILES string of the molecule is CC(C)C1OC(C(C)(C)C)CC1C(=O)O. The number of hydrogen-bond acceptors (Lipinski definition) is 2. The molecule has 1 N–H and O–H groups in total. The molecular weight excluding hydrogens is 192 g/mol. The third-order valence-corrected chi connectivity index (χ3v) is 3.13. The maximum atomic E-state index is 11.1. The predicted octanol–water partition coefficient (Wildman–Crippen LogP) is 2.55. The van der Waals surface area contributed by atoms with E-state index in [2.05, 4.69) is 20.8 Å². The third-order valence-electron chi connectivity index (χ3n) is 3.13. The van der Waals surface area contributed by atoms with Gasteiger partial charge in [-0.25, -0.2) is 0 Å². The van der Waals surface area contributed by atoms with Crippen LogP contribution in [-0.2, 0) is 9.53 Å². The molecule has 3 heteroatoms. The molecule has 0 aromatic rings. The Morgan fingerprint density at radius 1 is 1.40 bits per heavy atom. The fourth-order valence-corrected chi connectivity index (χ4v) is 2.13. The Balaban J connectivity index is 2.78. The molecule has 0 amide bonds. The van der Waals surface area contributed by atoms with Gasteiger partial charge in [-0.05, 0) is 17.8 Å². The van der Waals surface area contributed by atoms with E-state index in [4.69, 9.17) is 9.84 Å². The molecule has 0 aliphatic carbocycles.